The van der Waals surface area contributed by atoms with Crippen LogP contribution in [0.4, 0.5) is 0 Å². The molecule has 0 aliphatic carbocycles. The number of carboxylic acids is 1. The highest BCUT2D eigenvalue weighted by Gasteiger charge is 2.23. The second-order valence-electron chi connectivity index (χ2n) is 7.57. The van der Waals surface area contributed by atoms with Gasteiger partial charge in [-0.05, 0) is 36.6 Å². The van der Waals surface area contributed by atoms with E-state index >= 15 is 0 Å². The molecule has 2 aromatic carbocycles. The molecule has 0 aliphatic heterocycles. The molecule has 3 atom stereocenters. The Balaban J connectivity index is 1.78. The smallest absolute Gasteiger partial charge is 0.326 e. The second kappa shape index (κ2) is 12.2. The monoisotopic (exact) mass is 456 g/mol. The van der Waals surface area contributed by atoms with E-state index in [0.717, 1.165) is 11.1 Å². The van der Waals surface area contributed by atoms with Crippen LogP contribution in [0.5, 0.6) is 5.75 Å². The zero-order chi connectivity index (χ0) is 24.4. The molecule has 0 aromatic heterocycles. The third-order valence-electron chi connectivity index (χ3n) is 4.82. The highest BCUT2D eigenvalue weighted by atomic mass is 16.4. The maximum atomic E-state index is 12.3. The number of carbonyl (C=O) groups excluding carboxylic acids is 3. The summed E-state index contributed by atoms with van der Waals surface area (Å²) in [6.45, 7) is 0.991. The van der Waals surface area contributed by atoms with Crippen LogP contribution in [0.3, 0.4) is 0 Å². The standard InChI is InChI=1S/C23H28N4O6/c1-14(26-22(31)18(24)11-16-7-9-17(28)10-8-16)21(30)25-13-20(29)27-19(23(32)33)12-15-5-3-2-4-6-15/h2-10,14,18-19,28H,11-13,24H2,1H3,(H,25,30)(H,26,31)(H,27,29)(H,32,33)/t14-,18-,19-/m0/s1. The topological polar surface area (TPSA) is 171 Å². The maximum absolute atomic E-state index is 12.3. The third-order valence-corrected chi connectivity index (χ3v) is 4.82. The number of phenolic OH excluding ortho intramolecular Hbond substituents is 1. The normalized spacial score (nSPS) is 13.3. The first kappa shape index (κ1) is 25.3. The summed E-state index contributed by atoms with van der Waals surface area (Å²) in [5.74, 6) is -2.94. The van der Waals surface area contributed by atoms with Gasteiger partial charge in [0.1, 0.15) is 17.8 Å². The quantitative estimate of drug-likeness (QED) is 0.269. The van der Waals surface area contributed by atoms with Crippen molar-refractivity contribution in [2.45, 2.75) is 37.9 Å². The molecule has 2 aromatic rings. The Morgan fingerprint density at radius 1 is 0.879 bits per heavy atom. The average molecular weight is 456 g/mol. The lowest BCUT2D eigenvalue weighted by atomic mass is 10.1. The summed E-state index contributed by atoms with van der Waals surface area (Å²) in [5.41, 5.74) is 7.37. The third kappa shape index (κ3) is 8.62. The van der Waals surface area contributed by atoms with Gasteiger partial charge in [0, 0.05) is 6.42 Å². The van der Waals surface area contributed by atoms with Crippen molar-refractivity contribution >= 4 is 23.7 Å². The Morgan fingerprint density at radius 3 is 2.09 bits per heavy atom. The van der Waals surface area contributed by atoms with E-state index in [4.69, 9.17) is 5.73 Å². The largest absolute Gasteiger partial charge is 0.508 e. The molecule has 2 rings (SSSR count). The van der Waals surface area contributed by atoms with E-state index in [-0.39, 0.29) is 18.6 Å². The van der Waals surface area contributed by atoms with Crippen molar-refractivity contribution in [3.05, 3.63) is 65.7 Å². The SMILES string of the molecule is C[C@H](NC(=O)[C@@H](N)Cc1ccc(O)cc1)C(=O)NCC(=O)N[C@@H](Cc1ccccc1)C(=O)O. The van der Waals surface area contributed by atoms with Crippen LogP contribution in [0, 0.1) is 0 Å². The van der Waals surface area contributed by atoms with Gasteiger partial charge < -0.3 is 31.9 Å². The van der Waals surface area contributed by atoms with E-state index in [0.29, 0.717) is 0 Å². The number of carbonyl (C=O) groups is 4. The Kier molecular flexibility index (Phi) is 9.37. The van der Waals surface area contributed by atoms with Gasteiger partial charge in [-0.1, -0.05) is 42.5 Å². The van der Waals surface area contributed by atoms with Crippen LogP contribution >= 0.6 is 0 Å². The fourth-order valence-corrected chi connectivity index (χ4v) is 2.98. The lowest BCUT2D eigenvalue weighted by molar-refractivity contribution is -0.141. The van der Waals surface area contributed by atoms with Gasteiger partial charge in [-0.3, -0.25) is 14.4 Å². The molecule has 3 amide bonds. The average Bonchev–Trinajstić information content (AvgIpc) is 2.79. The number of benzene rings is 2. The maximum Gasteiger partial charge on any atom is 0.326 e. The van der Waals surface area contributed by atoms with E-state index in [2.05, 4.69) is 16.0 Å². The first-order valence-corrected chi connectivity index (χ1v) is 10.3. The van der Waals surface area contributed by atoms with Crippen molar-refractivity contribution in [2.24, 2.45) is 5.73 Å². The molecule has 0 aliphatic rings. The first-order chi connectivity index (χ1) is 15.7. The molecule has 0 heterocycles. The summed E-state index contributed by atoms with van der Waals surface area (Å²) >= 11 is 0. The number of carboxylic acid groups (broad SMARTS) is 1. The van der Waals surface area contributed by atoms with Crippen molar-refractivity contribution in [3.8, 4) is 5.75 Å². The highest BCUT2D eigenvalue weighted by molar-refractivity contribution is 5.92. The minimum Gasteiger partial charge on any atom is -0.508 e. The molecular weight excluding hydrogens is 428 g/mol. The molecule has 176 valence electrons. The summed E-state index contributed by atoms with van der Waals surface area (Å²) in [7, 11) is 0. The summed E-state index contributed by atoms with van der Waals surface area (Å²) in [6.07, 6.45) is 0.308. The highest BCUT2D eigenvalue weighted by Crippen LogP contribution is 2.11. The van der Waals surface area contributed by atoms with Crippen LogP contribution in [0.15, 0.2) is 54.6 Å². The molecule has 0 saturated heterocycles. The predicted molar refractivity (Wildman–Crippen MR) is 120 cm³/mol. The van der Waals surface area contributed by atoms with E-state index in [1.54, 1.807) is 42.5 Å². The van der Waals surface area contributed by atoms with Crippen LogP contribution in [-0.4, -0.2) is 58.6 Å². The number of phenols is 1. The Hall–Kier alpha value is -3.92. The van der Waals surface area contributed by atoms with E-state index in [1.807, 2.05) is 0 Å². The molecule has 0 spiro atoms. The van der Waals surface area contributed by atoms with E-state index in [9.17, 15) is 29.4 Å². The van der Waals surface area contributed by atoms with Crippen molar-refractivity contribution in [1.29, 1.82) is 0 Å². The molecule has 33 heavy (non-hydrogen) atoms. The Morgan fingerprint density at radius 2 is 1.48 bits per heavy atom. The minimum atomic E-state index is -1.19. The minimum absolute atomic E-state index is 0.0980. The molecule has 10 heteroatoms. The first-order valence-electron chi connectivity index (χ1n) is 10.3. The number of amides is 3. The van der Waals surface area contributed by atoms with Crippen LogP contribution in [0.2, 0.25) is 0 Å². The molecule has 0 fully saturated rings. The number of hydrogen-bond acceptors (Lipinski definition) is 6. The van der Waals surface area contributed by atoms with Crippen molar-refractivity contribution in [3.63, 3.8) is 0 Å². The summed E-state index contributed by atoms with van der Waals surface area (Å²) in [5, 5.41) is 25.9. The zero-order valence-corrected chi connectivity index (χ0v) is 18.2. The Labute approximate surface area is 191 Å². The summed E-state index contributed by atoms with van der Waals surface area (Å²) < 4.78 is 0. The molecule has 0 unspecified atom stereocenters. The van der Waals surface area contributed by atoms with Gasteiger partial charge in [0.2, 0.25) is 17.7 Å². The Bertz CT molecular complexity index is 965. The lowest BCUT2D eigenvalue weighted by Gasteiger charge is -2.18. The van der Waals surface area contributed by atoms with Gasteiger partial charge in [0.05, 0.1) is 12.6 Å². The van der Waals surface area contributed by atoms with Crippen LogP contribution < -0.4 is 21.7 Å². The lowest BCUT2D eigenvalue weighted by Crippen LogP contribution is -2.52. The number of nitrogens with two attached hydrogens (primary N) is 1. The fraction of sp³-hybridized carbons (Fsp3) is 0.304. The predicted octanol–water partition coefficient (Wildman–Crippen LogP) is -0.305. The number of aliphatic carboxylic acids is 1. The van der Waals surface area contributed by atoms with Crippen LogP contribution in [-0.2, 0) is 32.0 Å². The summed E-state index contributed by atoms with van der Waals surface area (Å²) in [4.78, 5) is 48.0. The molecule has 0 radical (unpaired) electrons. The van der Waals surface area contributed by atoms with Gasteiger partial charge in [-0.15, -0.1) is 0 Å². The molecule has 0 saturated carbocycles. The second-order valence-corrected chi connectivity index (χ2v) is 7.57. The molecule has 10 nitrogen and oxygen atoms in total. The van der Waals surface area contributed by atoms with E-state index < -0.39 is 48.4 Å². The van der Waals surface area contributed by atoms with Crippen molar-refractivity contribution < 1.29 is 29.4 Å². The molecule has 0 bridgehead atoms. The summed E-state index contributed by atoms with van der Waals surface area (Å²) in [6, 6.07) is 12.1. The van der Waals surface area contributed by atoms with E-state index in [1.165, 1.54) is 19.1 Å². The van der Waals surface area contributed by atoms with Crippen LogP contribution in [0.1, 0.15) is 18.1 Å². The van der Waals surface area contributed by atoms with Gasteiger partial charge in [0.15, 0.2) is 0 Å². The van der Waals surface area contributed by atoms with Crippen LogP contribution in [0.25, 0.3) is 0 Å². The number of nitrogens with one attached hydrogen (secondary N) is 3. The number of rotatable bonds is 11. The van der Waals surface area contributed by atoms with Crippen molar-refractivity contribution in [1.82, 2.24) is 16.0 Å². The van der Waals surface area contributed by atoms with Gasteiger partial charge in [-0.2, -0.15) is 0 Å². The number of aromatic hydroxyl groups is 1. The number of hydrogen-bond donors (Lipinski definition) is 6. The fourth-order valence-electron chi connectivity index (χ4n) is 2.98. The van der Waals surface area contributed by atoms with Gasteiger partial charge >= 0.3 is 5.97 Å². The van der Waals surface area contributed by atoms with Crippen molar-refractivity contribution in [2.75, 3.05) is 6.54 Å². The van der Waals surface area contributed by atoms with Gasteiger partial charge in [0.25, 0.3) is 0 Å². The molecular formula is C23H28N4O6. The zero-order valence-electron chi connectivity index (χ0n) is 18.2. The molecule has 7 N–H and O–H groups in total. The van der Waals surface area contributed by atoms with Gasteiger partial charge in [-0.25, -0.2) is 4.79 Å².